The SMILES string of the molecule is [2H]c1c([2H])c([2H])c2c(c(C(=O)N[C@H](C(=O)OC)C(C)(C)C)nn2CCCCF)c1[2H]. The second kappa shape index (κ2) is 8.29. The number of rotatable bonds is 7. The monoisotopic (exact) mass is 367 g/mol. The maximum atomic E-state index is 13.0. The topological polar surface area (TPSA) is 73.2 Å². The Morgan fingerprint density at radius 1 is 1.35 bits per heavy atom. The lowest BCUT2D eigenvalue weighted by Gasteiger charge is -2.28. The predicted molar refractivity (Wildman–Crippen MR) is 97.7 cm³/mol. The molecule has 7 heteroatoms. The lowest BCUT2D eigenvalue weighted by atomic mass is 9.86. The Morgan fingerprint density at radius 3 is 2.65 bits per heavy atom. The number of esters is 1. The number of amides is 1. The summed E-state index contributed by atoms with van der Waals surface area (Å²) in [6.07, 6.45) is 0.631. The average Bonchev–Trinajstić information content (AvgIpc) is 3.07. The molecule has 6 nitrogen and oxygen atoms in total. The van der Waals surface area contributed by atoms with Crippen LogP contribution in [0.25, 0.3) is 10.9 Å². The van der Waals surface area contributed by atoms with E-state index in [2.05, 4.69) is 10.4 Å². The maximum absolute atomic E-state index is 13.0. The largest absolute Gasteiger partial charge is 0.467 e. The first-order chi connectivity index (χ1) is 13.9. The third kappa shape index (κ3) is 4.39. The number of alkyl halides is 1. The highest BCUT2D eigenvalue weighted by molar-refractivity contribution is 6.06. The Balaban J connectivity index is 2.62. The Morgan fingerprint density at radius 2 is 2.04 bits per heavy atom. The number of carbonyl (C=O) groups is 2. The number of aryl methyl sites for hydroxylation is 1. The normalized spacial score (nSPS) is 15.0. The number of nitrogens with zero attached hydrogens (tertiary/aromatic N) is 2. The summed E-state index contributed by atoms with van der Waals surface area (Å²) in [6.45, 7) is 4.88. The molecule has 142 valence electrons. The van der Waals surface area contributed by atoms with E-state index in [9.17, 15) is 14.0 Å². The Labute approximate surface area is 158 Å². The average molecular weight is 367 g/mol. The number of nitrogens with one attached hydrogen (secondary N) is 1. The van der Waals surface area contributed by atoms with Crippen molar-refractivity contribution in [1.82, 2.24) is 15.1 Å². The van der Waals surface area contributed by atoms with Gasteiger partial charge in [-0.25, -0.2) is 4.79 Å². The second-order valence-corrected chi connectivity index (χ2v) is 6.99. The molecule has 0 unspecified atom stereocenters. The zero-order valence-corrected chi connectivity index (χ0v) is 15.4. The molecule has 1 N–H and O–H groups in total. The Hall–Kier alpha value is -2.44. The summed E-state index contributed by atoms with van der Waals surface area (Å²) in [4.78, 5) is 25.2. The van der Waals surface area contributed by atoms with Gasteiger partial charge in [-0.05, 0) is 24.3 Å². The van der Waals surface area contributed by atoms with Crippen molar-refractivity contribution >= 4 is 22.8 Å². The van der Waals surface area contributed by atoms with Crippen molar-refractivity contribution in [2.45, 2.75) is 46.2 Å². The molecular formula is C19H26FN3O3. The van der Waals surface area contributed by atoms with Crippen molar-refractivity contribution in [2.24, 2.45) is 5.41 Å². The van der Waals surface area contributed by atoms with Crippen LogP contribution in [0.3, 0.4) is 0 Å². The van der Waals surface area contributed by atoms with Gasteiger partial charge in [-0.1, -0.05) is 38.9 Å². The van der Waals surface area contributed by atoms with Crippen LogP contribution in [0.2, 0.25) is 0 Å². The minimum Gasteiger partial charge on any atom is -0.467 e. The second-order valence-electron chi connectivity index (χ2n) is 6.99. The lowest BCUT2D eigenvalue weighted by Crippen LogP contribution is -2.49. The van der Waals surface area contributed by atoms with E-state index in [-0.39, 0.29) is 35.6 Å². The number of hydrogen-bond acceptors (Lipinski definition) is 4. The highest BCUT2D eigenvalue weighted by atomic mass is 19.1. The molecule has 0 spiro atoms. The number of methoxy groups -OCH3 is 1. The zero-order chi connectivity index (χ0) is 22.8. The fourth-order valence-corrected chi connectivity index (χ4v) is 2.51. The van der Waals surface area contributed by atoms with Crippen molar-refractivity contribution in [2.75, 3.05) is 13.8 Å². The van der Waals surface area contributed by atoms with Crippen LogP contribution < -0.4 is 5.32 Å². The Kier molecular flexibility index (Phi) is 4.69. The molecule has 0 bridgehead atoms. The molecule has 0 aliphatic rings. The molecule has 2 aromatic rings. The molecule has 0 aliphatic carbocycles. The number of ether oxygens (including phenoxy) is 1. The fraction of sp³-hybridized carbons (Fsp3) is 0.526. The molecule has 0 radical (unpaired) electrons. The highest BCUT2D eigenvalue weighted by Gasteiger charge is 2.34. The first-order valence-electron chi connectivity index (χ1n) is 10.4. The minimum atomic E-state index is -1.00. The lowest BCUT2D eigenvalue weighted by molar-refractivity contribution is -0.145. The van der Waals surface area contributed by atoms with Gasteiger partial charge >= 0.3 is 5.97 Å². The molecule has 2 rings (SSSR count). The van der Waals surface area contributed by atoms with Gasteiger partial charge in [0, 0.05) is 11.9 Å². The van der Waals surface area contributed by atoms with E-state index in [1.54, 1.807) is 20.8 Å². The minimum absolute atomic E-state index is 0.0451. The van der Waals surface area contributed by atoms with Crippen LogP contribution in [-0.2, 0) is 16.1 Å². The van der Waals surface area contributed by atoms with Gasteiger partial charge in [-0.2, -0.15) is 5.10 Å². The van der Waals surface area contributed by atoms with E-state index in [4.69, 9.17) is 10.2 Å². The van der Waals surface area contributed by atoms with Gasteiger partial charge in [-0.15, -0.1) is 0 Å². The first-order valence-corrected chi connectivity index (χ1v) is 8.37. The van der Waals surface area contributed by atoms with Gasteiger partial charge in [0.2, 0.25) is 0 Å². The van der Waals surface area contributed by atoms with Gasteiger partial charge in [0.15, 0.2) is 5.69 Å². The zero-order valence-electron chi connectivity index (χ0n) is 19.4. The molecule has 26 heavy (non-hydrogen) atoms. The van der Waals surface area contributed by atoms with Gasteiger partial charge < -0.3 is 10.1 Å². The van der Waals surface area contributed by atoms with Gasteiger partial charge in [0.1, 0.15) is 6.04 Å². The number of carbonyl (C=O) groups excluding carboxylic acids is 2. The number of halogens is 1. The first kappa shape index (κ1) is 14.7. The van der Waals surface area contributed by atoms with E-state index in [1.165, 1.54) is 11.8 Å². The maximum Gasteiger partial charge on any atom is 0.328 e. The van der Waals surface area contributed by atoms with E-state index in [0.717, 1.165) is 0 Å². The number of unbranched alkanes of at least 4 members (excludes halogenated alkanes) is 1. The number of fused-ring (bicyclic) bond motifs is 1. The van der Waals surface area contributed by atoms with Crippen LogP contribution in [0.4, 0.5) is 4.39 Å². The molecule has 1 amide bonds. The standard InChI is InChI=1S/C19H26FN3O3/c1-19(2,3)16(18(25)26-4)21-17(24)15-13-9-5-6-10-14(13)23(22-15)12-8-7-11-20/h5-6,9-10,16H,7-8,11-12H2,1-4H3,(H,21,24)/t16-/m1/s1/i5D,6D,9D,10D. The summed E-state index contributed by atoms with van der Waals surface area (Å²) in [5.74, 6) is -1.41. The molecular weight excluding hydrogens is 337 g/mol. The van der Waals surface area contributed by atoms with Gasteiger partial charge in [-0.3, -0.25) is 13.9 Å². The number of aromatic nitrogens is 2. The summed E-state index contributed by atoms with van der Waals surface area (Å²) in [5, 5.41) is 6.74. The molecule has 1 heterocycles. The van der Waals surface area contributed by atoms with Crippen LogP contribution in [0.5, 0.6) is 0 Å². The molecule has 0 aliphatic heterocycles. The molecule has 1 aromatic carbocycles. The summed E-state index contributed by atoms with van der Waals surface area (Å²) < 4.78 is 50.9. The third-order valence-electron chi connectivity index (χ3n) is 3.93. The number of para-hydroxylation sites is 1. The van der Waals surface area contributed by atoms with E-state index in [0.29, 0.717) is 6.42 Å². The number of benzene rings is 1. The molecule has 1 atom stereocenters. The van der Waals surface area contributed by atoms with Crippen LogP contribution in [0, 0.1) is 5.41 Å². The summed E-state index contributed by atoms with van der Waals surface area (Å²) in [5.41, 5.74) is -0.840. The Bertz CT molecular complexity index is 973. The van der Waals surface area contributed by atoms with Crippen molar-refractivity contribution in [3.63, 3.8) is 0 Å². The van der Waals surface area contributed by atoms with Crippen LogP contribution in [0.15, 0.2) is 24.2 Å². The van der Waals surface area contributed by atoms with Crippen molar-refractivity contribution < 1.29 is 24.2 Å². The predicted octanol–water partition coefficient (Wildman–Crippen LogP) is 3.10. The van der Waals surface area contributed by atoms with Crippen molar-refractivity contribution in [1.29, 1.82) is 0 Å². The van der Waals surface area contributed by atoms with E-state index >= 15 is 0 Å². The van der Waals surface area contributed by atoms with E-state index in [1.807, 2.05) is 0 Å². The van der Waals surface area contributed by atoms with Gasteiger partial charge in [0.05, 0.1) is 24.8 Å². The molecule has 0 saturated heterocycles. The van der Waals surface area contributed by atoms with Crippen molar-refractivity contribution in [3.05, 3.63) is 29.9 Å². The summed E-state index contributed by atoms with van der Waals surface area (Å²) >= 11 is 0. The van der Waals surface area contributed by atoms with Crippen LogP contribution >= 0.6 is 0 Å². The molecule has 0 saturated carbocycles. The smallest absolute Gasteiger partial charge is 0.328 e. The van der Waals surface area contributed by atoms with Gasteiger partial charge in [0.25, 0.3) is 5.91 Å². The third-order valence-corrected chi connectivity index (χ3v) is 3.93. The van der Waals surface area contributed by atoms with Crippen LogP contribution in [0.1, 0.15) is 49.6 Å². The molecule has 0 fully saturated rings. The van der Waals surface area contributed by atoms with Crippen molar-refractivity contribution in [3.8, 4) is 0 Å². The summed E-state index contributed by atoms with van der Waals surface area (Å²) in [6, 6.07) is -2.69. The van der Waals surface area contributed by atoms with E-state index < -0.39 is 48.1 Å². The molecule has 1 aromatic heterocycles. The summed E-state index contributed by atoms with van der Waals surface area (Å²) in [7, 11) is 1.21. The fourth-order valence-electron chi connectivity index (χ4n) is 2.51. The highest BCUT2D eigenvalue weighted by Crippen LogP contribution is 2.23. The quantitative estimate of drug-likeness (QED) is 0.603. The van der Waals surface area contributed by atoms with Crippen LogP contribution in [-0.4, -0.2) is 41.5 Å². The number of hydrogen-bond donors (Lipinski definition) is 1.